The third kappa shape index (κ3) is 1.11. The fraction of sp³-hybridized carbons (Fsp3) is 0.500. The van der Waals surface area contributed by atoms with Gasteiger partial charge in [0, 0.05) is 0 Å². The van der Waals surface area contributed by atoms with Gasteiger partial charge in [-0.2, -0.15) is 5.06 Å². The Morgan fingerprint density at radius 1 is 1.36 bits per heavy atom. The van der Waals surface area contributed by atoms with E-state index in [4.69, 9.17) is 0 Å². The van der Waals surface area contributed by atoms with Gasteiger partial charge < -0.3 is 5.21 Å². The Bertz CT molecular complexity index is 371. The van der Waals surface area contributed by atoms with Crippen LogP contribution in [0.4, 0.5) is 0 Å². The molecule has 1 N–H and O–H groups in total. The van der Waals surface area contributed by atoms with E-state index in [1.807, 2.05) is 20.8 Å². The van der Waals surface area contributed by atoms with Crippen molar-refractivity contribution in [3.63, 3.8) is 0 Å². The van der Waals surface area contributed by atoms with E-state index in [0.717, 1.165) is 0 Å². The molecule has 2 nitrogen and oxygen atoms in total. The Morgan fingerprint density at radius 2 is 2.00 bits per heavy atom. The summed E-state index contributed by atoms with van der Waals surface area (Å²) < 4.78 is 0. The molecule has 0 bridgehead atoms. The summed E-state index contributed by atoms with van der Waals surface area (Å²) in [6, 6.07) is 6.49. The van der Waals surface area contributed by atoms with E-state index in [1.165, 1.54) is 21.8 Å². The first-order chi connectivity index (χ1) is 6.44. The van der Waals surface area contributed by atoms with Crippen molar-refractivity contribution in [3.8, 4) is 0 Å². The Balaban J connectivity index is 2.62. The van der Waals surface area contributed by atoms with Gasteiger partial charge in [-0.25, -0.2) is 0 Å². The number of benzene rings is 1. The molecule has 0 saturated heterocycles. The number of rotatable bonds is 0. The molecule has 0 aliphatic carbocycles. The summed E-state index contributed by atoms with van der Waals surface area (Å²) in [4.78, 5) is 0. The van der Waals surface area contributed by atoms with Crippen LogP contribution in [0.2, 0.25) is 0 Å². The molecule has 1 aliphatic heterocycles. The Labute approximate surface area is 85.1 Å². The maximum atomic E-state index is 9.97. The van der Waals surface area contributed by atoms with E-state index in [-0.39, 0.29) is 11.6 Å². The van der Waals surface area contributed by atoms with Crippen LogP contribution in [0.25, 0.3) is 0 Å². The van der Waals surface area contributed by atoms with Gasteiger partial charge in [0.15, 0.2) is 0 Å². The van der Waals surface area contributed by atoms with Crippen LogP contribution in [0.1, 0.15) is 43.5 Å². The van der Waals surface area contributed by atoms with E-state index < -0.39 is 0 Å². The maximum Gasteiger partial charge on any atom is 0.0662 e. The quantitative estimate of drug-likeness (QED) is 0.681. The smallest absolute Gasteiger partial charge is 0.0662 e. The third-order valence-corrected chi connectivity index (χ3v) is 3.26. The highest BCUT2D eigenvalue weighted by Gasteiger charge is 2.41. The van der Waals surface area contributed by atoms with Crippen molar-refractivity contribution in [3.05, 3.63) is 34.9 Å². The zero-order chi connectivity index (χ0) is 10.5. The average molecular weight is 191 g/mol. The molecule has 0 saturated carbocycles. The summed E-state index contributed by atoms with van der Waals surface area (Å²) in [5.41, 5.74) is 3.47. The molecule has 76 valence electrons. The Morgan fingerprint density at radius 3 is 2.64 bits per heavy atom. The van der Waals surface area contributed by atoms with Gasteiger partial charge in [0.2, 0.25) is 0 Å². The largest absolute Gasteiger partial charge is 0.313 e. The third-order valence-electron chi connectivity index (χ3n) is 3.26. The predicted octanol–water partition coefficient (Wildman–Crippen LogP) is 3.00. The van der Waals surface area contributed by atoms with E-state index in [1.54, 1.807) is 0 Å². The van der Waals surface area contributed by atoms with Crippen LogP contribution >= 0.6 is 0 Å². The molecule has 0 fully saturated rings. The monoisotopic (exact) mass is 191 g/mol. The molecular weight excluding hydrogens is 174 g/mol. The number of hydrogen-bond donors (Lipinski definition) is 1. The molecule has 1 aliphatic rings. The maximum absolute atomic E-state index is 9.97. The van der Waals surface area contributed by atoms with Gasteiger partial charge >= 0.3 is 0 Å². The minimum absolute atomic E-state index is 0.0971. The van der Waals surface area contributed by atoms with E-state index in [9.17, 15) is 5.21 Å². The SMILES string of the molecule is Cc1ccc2c(c1)C(C)N(O)C2(C)C. The zero-order valence-corrected chi connectivity index (χ0v) is 9.20. The van der Waals surface area contributed by atoms with Crippen LogP contribution in [0.3, 0.4) is 0 Å². The summed E-state index contributed by atoms with van der Waals surface area (Å²) in [6.07, 6.45) is 0. The van der Waals surface area contributed by atoms with Crippen LogP contribution in [-0.4, -0.2) is 10.3 Å². The standard InChI is InChI=1S/C12H17NO/c1-8-5-6-11-10(7-8)9(2)13(14)12(11,3)4/h5-7,9,14H,1-4H3. The lowest BCUT2D eigenvalue weighted by Crippen LogP contribution is -2.33. The van der Waals surface area contributed by atoms with Crippen LogP contribution in [0, 0.1) is 6.92 Å². The van der Waals surface area contributed by atoms with Crippen LogP contribution in [0.15, 0.2) is 18.2 Å². The number of hydroxylamine groups is 2. The minimum atomic E-state index is -0.261. The normalized spacial score (nSPS) is 25.1. The van der Waals surface area contributed by atoms with Gasteiger partial charge in [-0.1, -0.05) is 23.8 Å². The fourth-order valence-electron chi connectivity index (χ4n) is 2.32. The number of fused-ring (bicyclic) bond motifs is 1. The highest BCUT2D eigenvalue weighted by molar-refractivity contribution is 5.41. The number of hydrogen-bond acceptors (Lipinski definition) is 2. The lowest BCUT2D eigenvalue weighted by atomic mass is 9.93. The second kappa shape index (κ2) is 2.81. The van der Waals surface area contributed by atoms with E-state index >= 15 is 0 Å². The van der Waals surface area contributed by atoms with Gasteiger partial charge in [0.05, 0.1) is 11.6 Å². The Hall–Kier alpha value is -0.860. The van der Waals surface area contributed by atoms with Crippen LogP contribution < -0.4 is 0 Å². The van der Waals surface area contributed by atoms with Crippen LogP contribution in [-0.2, 0) is 5.54 Å². The number of nitrogens with zero attached hydrogens (tertiary/aromatic N) is 1. The molecule has 1 unspecified atom stereocenters. The molecule has 1 atom stereocenters. The molecule has 0 amide bonds. The van der Waals surface area contributed by atoms with Gasteiger partial charge in [-0.15, -0.1) is 0 Å². The lowest BCUT2D eigenvalue weighted by Gasteiger charge is -2.28. The second-order valence-corrected chi connectivity index (χ2v) is 4.67. The summed E-state index contributed by atoms with van der Waals surface area (Å²) in [7, 11) is 0. The predicted molar refractivity (Wildman–Crippen MR) is 56.2 cm³/mol. The lowest BCUT2D eigenvalue weighted by molar-refractivity contribution is -0.181. The molecule has 1 aromatic carbocycles. The fourth-order valence-corrected chi connectivity index (χ4v) is 2.32. The molecule has 2 rings (SSSR count). The molecule has 0 spiro atoms. The molecule has 1 heterocycles. The van der Waals surface area contributed by atoms with E-state index in [0.29, 0.717) is 0 Å². The van der Waals surface area contributed by atoms with Crippen molar-refractivity contribution >= 4 is 0 Å². The molecule has 0 radical (unpaired) electrons. The van der Waals surface area contributed by atoms with Crippen molar-refractivity contribution in [1.82, 2.24) is 5.06 Å². The first-order valence-corrected chi connectivity index (χ1v) is 5.04. The van der Waals surface area contributed by atoms with Crippen molar-refractivity contribution in [1.29, 1.82) is 0 Å². The Kier molecular flexibility index (Phi) is 1.95. The topological polar surface area (TPSA) is 23.5 Å². The second-order valence-electron chi connectivity index (χ2n) is 4.67. The highest BCUT2D eigenvalue weighted by Crippen LogP contribution is 2.44. The summed E-state index contributed by atoms with van der Waals surface area (Å²) in [6.45, 7) is 8.21. The molecule has 14 heavy (non-hydrogen) atoms. The van der Waals surface area contributed by atoms with Crippen LogP contribution in [0.5, 0.6) is 0 Å². The summed E-state index contributed by atoms with van der Waals surface area (Å²) in [5.74, 6) is 0. The van der Waals surface area contributed by atoms with Crippen molar-refractivity contribution in [2.45, 2.75) is 39.3 Å². The molecule has 0 aromatic heterocycles. The van der Waals surface area contributed by atoms with Crippen molar-refractivity contribution in [2.75, 3.05) is 0 Å². The van der Waals surface area contributed by atoms with Crippen molar-refractivity contribution in [2.24, 2.45) is 0 Å². The summed E-state index contributed by atoms with van der Waals surface area (Å²) in [5, 5.41) is 11.4. The van der Waals surface area contributed by atoms with Crippen molar-refractivity contribution < 1.29 is 5.21 Å². The van der Waals surface area contributed by atoms with Gasteiger partial charge in [-0.05, 0) is 38.8 Å². The first-order valence-electron chi connectivity index (χ1n) is 5.04. The first kappa shape index (κ1) is 9.69. The number of aryl methyl sites for hydroxylation is 1. The molecule has 1 aromatic rings. The molecule has 2 heteroatoms. The van der Waals surface area contributed by atoms with Gasteiger partial charge in [0.1, 0.15) is 0 Å². The molecular formula is C12H17NO. The average Bonchev–Trinajstić information content (AvgIpc) is 2.28. The summed E-state index contributed by atoms with van der Waals surface area (Å²) >= 11 is 0. The minimum Gasteiger partial charge on any atom is -0.313 e. The van der Waals surface area contributed by atoms with Gasteiger partial charge in [-0.3, -0.25) is 0 Å². The zero-order valence-electron chi connectivity index (χ0n) is 9.20. The van der Waals surface area contributed by atoms with E-state index in [2.05, 4.69) is 25.1 Å². The highest BCUT2D eigenvalue weighted by atomic mass is 16.5. The van der Waals surface area contributed by atoms with Gasteiger partial charge in [0.25, 0.3) is 0 Å².